The smallest absolute Gasteiger partial charge is 0.198 e. The molecular weight excluding hydrogens is 214 g/mol. The van der Waals surface area contributed by atoms with Crippen LogP contribution in [0.2, 0.25) is 0 Å². The molecule has 1 heterocycles. The molecule has 6 heteroatoms. The minimum absolute atomic E-state index is 0.364. The first-order valence-electron chi connectivity index (χ1n) is 5.03. The summed E-state index contributed by atoms with van der Waals surface area (Å²) in [6, 6.07) is 2.14. The van der Waals surface area contributed by atoms with Crippen molar-refractivity contribution in [2.24, 2.45) is 5.92 Å². The molecule has 0 saturated carbocycles. The van der Waals surface area contributed by atoms with Crippen molar-refractivity contribution in [3.63, 3.8) is 0 Å². The molecule has 0 aliphatic carbocycles. The van der Waals surface area contributed by atoms with E-state index in [2.05, 4.69) is 6.07 Å². The molecular formula is C9H17N3O2S. The first-order valence-corrected chi connectivity index (χ1v) is 6.42. The average Bonchev–Trinajstić information content (AvgIpc) is 2.19. The summed E-state index contributed by atoms with van der Waals surface area (Å²) < 4.78 is 26.2. The van der Waals surface area contributed by atoms with Crippen LogP contribution in [0.3, 0.4) is 0 Å². The number of rotatable bonds is 3. The van der Waals surface area contributed by atoms with Crippen molar-refractivity contribution in [2.75, 3.05) is 27.2 Å². The van der Waals surface area contributed by atoms with Gasteiger partial charge in [0.2, 0.25) is 0 Å². The van der Waals surface area contributed by atoms with Crippen LogP contribution in [0.25, 0.3) is 0 Å². The Morgan fingerprint density at radius 1 is 1.40 bits per heavy atom. The topological polar surface area (TPSA) is 64.4 Å². The van der Waals surface area contributed by atoms with E-state index in [9.17, 15) is 8.42 Å². The van der Waals surface area contributed by atoms with Gasteiger partial charge in [0.1, 0.15) is 0 Å². The van der Waals surface area contributed by atoms with Crippen molar-refractivity contribution in [1.29, 1.82) is 5.26 Å². The minimum Gasteiger partial charge on any atom is -0.198 e. The van der Waals surface area contributed by atoms with Crippen LogP contribution in [0.1, 0.15) is 19.3 Å². The first kappa shape index (κ1) is 12.4. The van der Waals surface area contributed by atoms with Crippen LogP contribution >= 0.6 is 0 Å². The summed E-state index contributed by atoms with van der Waals surface area (Å²) in [6.07, 6.45) is 2.12. The van der Waals surface area contributed by atoms with Crippen LogP contribution in [-0.2, 0) is 10.2 Å². The number of hydrogen-bond donors (Lipinski definition) is 0. The summed E-state index contributed by atoms with van der Waals surface area (Å²) in [6.45, 7) is 1.07. The summed E-state index contributed by atoms with van der Waals surface area (Å²) in [7, 11) is -0.178. The lowest BCUT2D eigenvalue weighted by atomic mass is 9.95. The van der Waals surface area contributed by atoms with Gasteiger partial charge in [-0.3, -0.25) is 0 Å². The van der Waals surface area contributed by atoms with E-state index in [0.29, 0.717) is 25.4 Å². The van der Waals surface area contributed by atoms with Crippen LogP contribution in [0.5, 0.6) is 0 Å². The Balaban J connectivity index is 2.55. The standard InChI is InChI=1S/C9H17N3O2S/c1-11(2)15(13,14)12-7-4-9(3-6-10)5-8-12/h9H,3-5,7-8H2,1-2H3. The van der Waals surface area contributed by atoms with Gasteiger partial charge in [-0.25, -0.2) is 0 Å². The number of hydrogen-bond acceptors (Lipinski definition) is 3. The van der Waals surface area contributed by atoms with Gasteiger partial charge >= 0.3 is 0 Å². The maximum atomic E-state index is 11.7. The van der Waals surface area contributed by atoms with E-state index < -0.39 is 10.2 Å². The summed E-state index contributed by atoms with van der Waals surface area (Å²) in [5.74, 6) is 0.364. The van der Waals surface area contributed by atoms with E-state index in [0.717, 1.165) is 12.8 Å². The molecule has 5 nitrogen and oxygen atoms in total. The molecule has 0 atom stereocenters. The highest BCUT2D eigenvalue weighted by Gasteiger charge is 2.29. The zero-order valence-corrected chi connectivity index (χ0v) is 10.00. The second-order valence-electron chi connectivity index (χ2n) is 3.99. The summed E-state index contributed by atoms with van der Waals surface area (Å²) in [5.41, 5.74) is 0. The van der Waals surface area contributed by atoms with Crippen molar-refractivity contribution >= 4 is 10.2 Å². The van der Waals surface area contributed by atoms with Gasteiger partial charge in [0, 0.05) is 33.6 Å². The SMILES string of the molecule is CN(C)S(=O)(=O)N1CCC(CC#N)CC1. The second kappa shape index (κ2) is 4.92. The molecule has 0 N–H and O–H groups in total. The zero-order chi connectivity index (χ0) is 11.5. The molecule has 0 spiro atoms. The fourth-order valence-corrected chi connectivity index (χ4v) is 2.84. The molecule has 0 unspecified atom stereocenters. The van der Waals surface area contributed by atoms with Gasteiger partial charge in [0.15, 0.2) is 0 Å². The van der Waals surface area contributed by atoms with E-state index in [4.69, 9.17) is 5.26 Å². The van der Waals surface area contributed by atoms with Crippen molar-refractivity contribution < 1.29 is 8.42 Å². The minimum atomic E-state index is -3.25. The van der Waals surface area contributed by atoms with Crippen LogP contribution in [0, 0.1) is 17.2 Å². The van der Waals surface area contributed by atoms with Gasteiger partial charge < -0.3 is 0 Å². The van der Waals surface area contributed by atoms with Crippen molar-refractivity contribution in [3.8, 4) is 6.07 Å². The Labute approximate surface area is 91.5 Å². The van der Waals surface area contributed by atoms with Crippen LogP contribution < -0.4 is 0 Å². The lowest BCUT2D eigenvalue weighted by molar-refractivity contribution is 0.265. The van der Waals surface area contributed by atoms with E-state index in [-0.39, 0.29) is 0 Å². The fraction of sp³-hybridized carbons (Fsp3) is 0.889. The molecule has 1 fully saturated rings. The molecule has 1 aliphatic heterocycles. The van der Waals surface area contributed by atoms with Gasteiger partial charge in [-0.1, -0.05) is 0 Å². The van der Waals surface area contributed by atoms with Crippen molar-refractivity contribution in [1.82, 2.24) is 8.61 Å². The normalized spacial score (nSPS) is 20.4. The molecule has 0 bridgehead atoms. The third kappa shape index (κ3) is 2.91. The summed E-state index contributed by atoms with van der Waals surface area (Å²) in [5, 5.41) is 8.54. The molecule has 0 aromatic rings. The maximum absolute atomic E-state index is 11.7. The van der Waals surface area contributed by atoms with E-state index in [1.54, 1.807) is 0 Å². The quantitative estimate of drug-likeness (QED) is 0.707. The molecule has 0 amide bonds. The molecule has 0 radical (unpaired) electrons. The molecule has 1 rings (SSSR count). The second-order valence-corrected chi connectivity index (χ2v) is 6.14. The van der Waals surface area contributed by atoms with Gasteiger partial charge in [0.05, 0.1) is 6.07 Å². The fourth-order valence-electron chi connectivity index (χ4n) is 1.70. The monoisotopic (exact) mass is 231 g/mol. The number of nitriles is 1. The Bertz CT molecular complexity index is 337. The highest BCUT2D eigenvalue weighted by Crippen LogP contribution is 2.22. The lowest BCUT2D eigenvalue weighted by Gasteiger charge is -2.31. The molecule has 0 aromatic carbocycles. The highest BCUT2D eigenvalue weighted by molar-refractivity contribution is 7.86. The van der Waals surface area contributed by atoms with E-state index in [1.807, 2.05) is 0 Å². The Morgan fingerprint density at radius 3 is 2.33 bits per heavy atom. The average molecular weight is 231 g/mol. The lowest BCUT2D eigenvalue weighted by Crippen LogP contribution is -2.44. The Kier molecular flexibility index (Phi) is 4.08. The highest BCUT2D eigenvalue weighted by atomic mass is 32.2. The van der Waals surface area contributed by atoms with Crippen LogP contribution in [0.15, 0.2) is 0 Å². The Hall–Kier alpha value is -0.640. The predicted octanol–water partition coefficient (Wildman–Crippen LogP) is 0.418. The van der Waals surface area contributed by atoms with Crippen LogP contribution in [-0.4, -0.2) is 44.2 Å². The molecule has 1 saturated heterocycles. The summed E-state index contributed by atoms with van der Waals surface area (Å²) in [4.78, 5) is 0. The molecule has 1 aliphatic rings. The maximum Gasteiger partial charge on any atom is 0.281 e. The third-order valence-corrected chi connectivity index (χ3v) is 4.68. The van der Waals surface area contributed by atoms with Crippen LogP contribution in [0.4, 0.5) is 0 Å². The first-order chi connectivity index (χ1) is 6.98. The van der Waals surface area contributed by atoms with Crippen molar-refractivity contribution in [3.05, 3.63) is 0 Å². The largest absolute Gasteiger partial charge is 0.281 e. The number of piperidine rings is 1. The van der Waals surface area contributed by atoms with E-state index in [1.165, 1.54) is 22.7 Å². The van der Waals surface area contributed by atoms with E-state index >= 15 is 0 Å². The van der Waals surface area contributed by atoms with Gasteiger partial charge in [-0.2, -0.15) is 22.3 Å². The van der Waals surface area contributed by atoms with Gasteiger partial charge in [0.25, 0.3) is 10.2 Å². The van der Waals surface area contributed by atoms with Gasteiger partial charge in [-0.15, -0.1) is 0 Å². The zero-order valence-electron chi connectivity index (χ0n) is 9.18. The van der Waals surface area contributed by atoms with Crippen molar-refractivity contribution in [2.45, 2.75) is 19.3 Å². The summed E-state index contributed by atoms with van der Waals surface area (Å²) >= 11 is 0. The molecule has 86 valence electrons. The third-order valence-electron chi connectivity index (χ3n) is 2.74. The predicted molar refractivity (Wildman–Crippen MR) is 57.1 cm³/mol. The molecule has 15 heavy (non-hydrogen) atoms. The molecule has 0 aromatic heterocycles. The number of nitrogens with zero attached hydrogens (tertiary/aromatic N) is 3. The Morgan fingerprint density at radius 2 is 1.93 bits per heavy atom. The van der Waals surface area contributed by atoms with Gasteiger partial charge in [-0.05, 0) is 18.8 Å².